The van der Waals surface area contributed by atoms with Crippen LogP contribution in [0.15, 0.2) is 114 Å². The summed E-state index contributed by atoms with van der Waals surface area (Å²) in [5.41, 5.74) is 2.97. The lowest BCUT2D eigenvalue weighted by atomic mass is 10.0. The van der Waals surface area contributed by atoms with Gasteiger partial charge in [-0.25, -0.2) is 15.0 Å². The van der Waals surface area contributed by atoms with Gasteiger partial charge in [-0.05, 0) is 35.0 Å². The molecule has 3 nitrogen and oxygen atoms in total. The van der Waals surface area contributed by atoms with Gasteiger partial charge in [0, 0.05) is 41.3 Å². The van der Waals surface area contributed by atoms with Gasteiger partial charge in [0.2, 0.25) is 0 Å². The Balaban J connectivity index is 1.53. The molecule has 7 aromatic rings. The molecule has 0 spiro atoms. The summed E-state index contributed by atoms with van der Waals surface area (Å²) in [6.07, 6.45) is 0. The number of aromatic nitrogens is 3. The molecule has 0 fully saturated rings. The van der Waals surface area contributed by atoms with Crippen molar-refractivity contribution in [2.45, 2.75) is 0 Å². The molecule has 0 aliphatic carbocycles. The van der Waals surface area contributed by atoms with Crippen molar-refractivity contribution in [2.75, 3.05) is 0 Å². The van der Waals surface area contributed by atoms with Gasteiger partial charge >= 0.3 is 0 Å². The first-order valence-electron chi connectivity index (χ1n) is 11.7. The number of hydrogen-bond acceptors (Lipinski definition) is 4. The highest BCUT2D eigenvalue weighted by Gasteiger charge is 2.17. The first-order chi connectivity index (χ1) is 17.8. The Bertz CT molecular complexity index is 1910. The summed E-state index contributed by atoms with van der Waals surface area (Å²) in [7, 11) is 0. The summed E-state index contributed by atoms with van der Waals surface area (Å²) in [6.45, 7) is 0. The van der Waals surface area contributed by atoms with Crippen molar-refractivity contribution in [3.63, 3.8) is 0 Å². The van der Waals surface area contributed by atoms with Crippen LogP contribution < -0.4 is 0 Å². The Morgan fingerprint density at radius 1 is 0.472 bits per heavy atom. The van der Waals surface area contributed by atoms with Crippen molar-refractivity contribution in [3.05, 3.63) is 114 Å². The maximum Gasteiger partial charge on any atom is 0.165 e. The molecular weight excluding hydrogens is 526 g/mol. The van der Waals surface area contributed by atoms with E-state index in [1.165, 1.54) is 20.2 Å². The molecule has 0 radical (unpaired) electrons. The van der Waals surface area contributed by atoms with E-state index in [4.69, 9.17) is 15.0 Å². The number of hydrogen-bond donors (Lipinski definition) is 0. The average molecular weight is 544 g/mol. The van der Waals surface area contributed by atoms with Crippen LogP contribution in [-0.4, -0.2) is 15.0 Å². The lowest BCUT2D eigenvalue weighted by Crippen LogP contribution is -2.00. The van der Waals surface area contributed by atoms with E-state index in [0.717, 1.165) is 31.9 Å². The zero-order valence-corrected chi connectivity index (χ0v) is 21.4. The van der Waals surface area contributed by atoms with Crippen LogP contribution in [0, 0.1) is 0 Å². The third-order valence-electron chi connectivity index (χ3n) is 6.42. The molecule has 5 aromatic carbocycles. The molecule has 0 aliphatic rings. The van der Waals surface area contributed by atoms with Gasteiger partial charge in [-0.2, -0.15) is 0 Å². The van der Waals surface area contributed by atoms with Gasteiger partial charge in [0.15, 0.2) is 17.5 Å². The van der Waals surface area contributed by atoms with E-state index in [2.05, 4.69) is 88.7 Å². The predicted molar refractivity (Wildman–Crippen MR) is 154 cm³/mol. The molecule has 36 heavy (non-hydrogen) atoms. The fraction of sp³-hybridized carbons (Fsp3) is 0. The minimum Gasteiger partial charge on any atom is -0.208 e. The second-order valence-electron chi connectivity index (χ2n) is 8.59. The first kappa shape index (κ1) is 21.4. The minimum atomic E-state index is 0.667. The van der Waals surface area contributed by atoms with Crippen LogP contribution in [-0.2, 0) is 0 Å². The van der Waals surface area contributed by atoms with Gasteiger partial charge in [-0.15, -0.1) is 11.3 Å². The van der Waals surface area contributed by atoms with E-state index in [-0.39, 0.29) is 0 Å². The summed E-state index contributed by atoms with van der Waals surface area (Å²) in [4.78, 5) is 15.0. The summed E-state index contributed by atoms with van der Waals surface area (Å²) < 4.78 is 3.50. The SMILES string of the molecule is Brc1ccc(-c2nc(-c3ccccc3)nc(-c3cccc4c3sc3ccccc34)n2)c2ccccc12. The first-order valence-corrected chi connectivity index (χ1v) is 13.3. The standard InChI is InChI=1S/C31H18BrN3S/c32-26-18-17-24(20-11-4-5-12-21(20)26)30-33-29(19-9-2-1-3-10-19)34-31(35-30)25-15-8-14-23-22-13-6-7-16-27(22)36-28(23)25/h1-18H. The molecule has 0 aliphatic heterocycles. The fourth-order valence-electron chi connectivity index (χ4n) is 4.71. The van der Waals surface area contributed by atoms with Crippen molar-refractivity contribution in [3.8, 4) is 34.2 Å². The van der Waals surface area contributed by atoms with Gasteiger partial charge < -0.3 is 0 Å². The maximum atomic E-state index is 5.07. The summed E-state index contributed by atoms with van der Waals surface area (Å²) in [6, 6.07) is 37.5. The van der Waals surface area contributed by atoms with Crippen molar-refractivity contribution in [2.24, 2.45) is 0 Å². The quantitative estimate of drug-likeness (QED) is 0.223. The molecule has 0 atom stereocenters. The Morgan fingerprint density at radius 3 is 1.94 bits per heavy atom. The van der Waals surface area contributed by atoms with E-state index >= 15 is 0 Å². The molecule has 0 unspecified atom stereocenters. The van der Waals surface area contributed by atoms with E-state index in [1.807, 2.05) is 36.4 Å². The number of rotatable bonds is 3. The fourth-order valence-corrected chi connectivity index (χ4v) is 6.40. The van der Waals surface area contributed by atoms with Crippen molar-refractivity contribution < 1.29 is 0 Å². The number of thiophene rings is 1. The zero-order chi connectivity index (χ0) is 24.1. The van der Waals surface area contributed by atoms with Gasteiger partial charge in [0.1, 0.15) is 0 Å². The summed E-state index contributed by atoms with van der Waals surface area (Å²) in [5.74, 6) is 2.02. The van der Waals surface area contributed by atoms with Crippen LogP contribution in [0.4, 0.5) is 0 Å². The lowest BCUT2D eigenvalue weighted by molar-refractivity contribution is 1.08. The van der Waals surface area contributed by atoms with E-state index in [9.17, 15) is 0 Å². The van der Waals surface area contributed by atoms with Crippen molar-refractivity contribution >= 4 is 58.2 Å². The van der Waals surface area contributed by atoms with Crippen LogP contribution in [0.25, 0.3) is 65.1 Å². The summed E-state index contributed by atoms with van der Waals surface area (Å²) >= 11 is 5.48. The monoisotopic (exact) mass is 543 g/mol. The zero-order valence-electron chi connectivity index (χ0n) is 19.0. The van der Waals surface area contributed by atoms with E-state index < -0.39 is 0 Å². The van der Waals surface area contributed by atoms with Gasteiger partial charge in [0.05, 0.1) is 0 Å². The van der Waals surface area contributed by atoms with Crippen molar-refractivity contribution in [1.29, 1.82) is 0 Å². The van der Waals surface area contributed by atoms with Crippen LogP contribution in [0.1, 0.15) is 0 Å². The summed E-state index contributed by atoms with van der Waals surface area (Å²) in [5, 5.41) is 4.72. The molecule has 170 valence electrons. The third kappa shape index (κ3) is 3.51. The van der Waals surface area contributed by atoms with Crippen LogP contribution in [0.5, 0.6) is 0 Å². The number of nitrogens with zero attached hydrogens (tertiary/aromatic N) is 3. The average Bonchev–Trinajstić information content (AvgIpc) is 3.33. The molecule has 2 heterocycles. The molecule has 0 bridgehead atoms. The van der Waals surface area contributed by atoms with Crippen molar-refractivity contribution in [1.82, 2.24) is 15.0 Å². The highest BCUT2D eigenvalue weighted by atomic mass is 79.9. The molecule has 2 aromatic heterocycles. The van der Waals surface area contributed by atoms with E-state index in [0.29, 0.717) is 17.5 Å². The van der Waals surface area contributed by atoms with Gasteiger partial charge in [-0.3, -0.25) is 0 Å². The molecule has 5 heteroatoms. The molecule has 0 amide bonds. The van der Waals surface area contributed by atoms with Crippen LogP contribution in [0.3, 0.4) is 0 Å². The van der Waals surface area contributed by atoms with Gasteiger partial charge in [-0.1, -0.05) is 101 Å². The maximum absolute atomic E-state index is 5.07. The Morgan fingerprint density at radius 2 is 1.11 bits per heavy atom. The largest absolute Gasteiger partial charge is 0.208 e. The molecular formula is C31H18BrN3S. The number of benzene rings is 5. The normalized spacial score (nSPS) is 11.5. The minimum absolute atomic E-state index is 0.667. The molecule has 0 saturated carbocycles. The predicted octanol–water partition coefficient (Wildman–Crippen LogP) is 9.16. The topological polar surface area (TPSA) is 38.7 Å². The third-order valence-corrected chi connectivity index (χ3v) is 8.34. The number of halogens is 1. The second-order valence-corrected chi connectivity index (χ2v) is 10.5. The van der Waals surface area contributed by atoms with Crippen LogP contribution >= 0.6 is 27.3 Å². The molecule has 0 saturated heterocycles. The Labute approximate surface area is 220 Å². The lowest BCUT2D eigenvalue weighted by Gasteiger charge is -2.11. The van der Waals surface area contributed by atoms with E-state index in [1.54, 1.807) is 11.3 Å². The second kappa shape index (κ2) is 8.63. The Hall–Kier alpha value is -3.93. The highest BCUT2D eigenvalue weighted by molar-refractivity contribution is 9.10. The molecule has 7 rings (SSSR count). The van der Waals surface area contributed by atoms with Crippen LogP contribution in [0.2, 0.25) is 0 Å². The smallest absolute Gasteiger partial charge is 0.165 e. The Kier molecular flexibility index (Phi) is 5.12. The highest BCUT2D eigenvalue weighted by Crippen LogP contribution is 2.40. The number of fused-ring (bicyclic) bond motifs is 4. The van der Waals surface area contributed by atoms with Gasteiger partial charge in [0.25, 0.3) is 0 Å². The molecule has 0 N–H and O–H groups in total.